The highest BCUT2D eigenvalue weighted by Crippen LogP contribution is 2.17. The Morgan fingerprint density at radius 2 is 2.47 bits per heavy atom. The summed E-state index contributed by atoms with van der Waals surface area (Å²) in [6, 6.07) is -0.167. The van der Waals surface area contributed by atoms with E-state index in [1.807, 2.05) is 0 Å². The number of amides is 1. The van der Waals surface area contributed by atoms with E-state index < -0.39 is 0 Å². The number of rotatable bonds is 6. The van der Waals surface area contributed by atoms with Gasteiger partial charge in [-0.2, -0.15) is 5.21 Å². The average Bonchev–Trinajstić information content (AvgIpc) is 2.93. The Bertz CT molecular complexity index is 375. The summed E-state index contributed by atoms with van der Waals surface area (Å²) < 4.78 is 5.57. The zero-order valence-corrected chi connectivity index (χ0v) is 11.3. The standard InChI is InChI=1S/C12H21N5O2/c1-2-5-10(12-14-16-17-15-12)13-11(18)8-9-6-3-4-7-19-9/h9-10H,2-8H2,1H3,(H,13,18)(H,14,15,16,17). The Morgan fingerprint density at radius 3 is 3.11 bits per heavy atom. The molecule has 106 valence electrons. The van der Waals surface area contributed by atoms with Crippen LogP contribution in [0.2, 0.25) is 0 Å². The van der Waals surface area contributed by atoms with Crippen molar-refractivity contribution < 1.29 is 9.53 Å². The number of H-pyrrole nitrogens is 1. The molecular weight excluding hydrogens is 246 g/mol. The summed E-state index contributed by atoms with van der Waals surface area (Å²) in [7, 11) is 0. The fourth-order valence-corrected chi connectivity index (χ4v) is 2.30. The van der Waals surface area contributed by atoms with E-state index in [4.69, 9.17) is 4.74 Å². The molecule has 19 heavy (non-hydrogen) atoms. The molecule has 0 aliphatic carbocycles. The second-order valence-electron chi connectivity index (χ2n) is 4.87. The van der Waals surface area contributed by atoms with Crippen molar-refractivity contribution >= 4 is 5.91 Å². The van der Waals surface area contributed by atoms with Gasteiger partial charge in [0.2, 0.25) is 5.91 Å². The number of nitrogens with one attached hydrogen (secondary N) is 2. The lowest BCUT2D eigenvalue weighted by atomic mass is 10.1. The molecule has 7 nitrogen and oxygen atoms in total. The molecule has 1 fully saturated rings. The molecule has 1 saturated heterocycles. The normalized spacial score (nSPS) is 21.0. The smallest absolute Gasteiger partial charge is 0.223 e. The number of nitrogens with zero attached hydrogens (tertiary/aromatic N) is 3. The second-order valence-corrected chi connectivity index (χ2v) is 4.87. The van der Waals surface area contributed by atoms with Crippen molar-refractivity contribution in [2.24, 2.45) is 0 Å². The SMILES string of the molecule is CCCC(NC(=O)CC1CCCCO1)c1nn[nH]n1. The molecule has 1 aromatic rings. The molecule has 7 heteroatoms. The van der Waals surface area contributed by atoms with Gasteiger partial charge in [0, 0.05) is 6.61 Å². The molecule has 2 heterocycles. The molecule has 2 N–H and O–H groups in total. The number of carbonyl (C=O) groups excluding carboxylic acids is 1. The van der Waals surface area contributed by atoms with Crippen LogP contribution in [0.15, 0.2) is 0 Å². The molecule has 1 aliphatic rings. The van der Waals surface area contributed by atoms with Crippen molar-refractivity contribution in [3.05, 3.63) is 5.82 Å². The molecule has 0 saturated carbocycles. The van der Waals surface area contributed by atoms with Crippen LogP contribution in [0, 0.1) is 0 Å². The van der Waals surface area contributed by atoms with Gasteiger partial charge in [0.1, 0.15) is 0 Å². The van der Waals surface area contributed by atoms with Crippen molar-refractivity contribution in [1.29, 1.82) is 0 Å². The third-order valence-electron chi connectivity index (χ3n) is 3.27. The van der Waals surface area contributed by atoms with E-state index in [2.05, 4.69) is 32.9 Å². The van der Waals surface area contributed by atoms with Crippen LogP contribution in [0.4, 0.5) is 0 Å². The van der Waals surface area contributed by atoms with Crippen LogP contribution in [0.25, 0.3) is 0 Å². The third kappa shape index (κ3) is 4.27. The van der Waals surface area contributed by atoms with E-state index in [1.54, 1.807) is 0 Å². The predicted molar refractivity (Wildman–Crippen MR) is 68.2 cm³/mol. The number of tetrazole rings is 1. The van der Waals surface area contributed by atoms with Crippen LogP contribution in [-0.4, -0.2) is 39.2 Å². The Hall–Kier alpha value is -1.50. The first kappa shape index (κ1) is 13.9. The summed E-state index contributed by atoms with van der Waals surface area (Å²) in [5, 5.41) is 16.8. The Morgan fingerprint density at radius 1 is 1.58 bits per heavy atom. The van der Waals surface area contributed by atoms with Gasteiger partial charge in [-0.15, -0.1) is 10.2 Å². The maximum atomic E-state index is 12.0. The number of ether oxygens (including phenoxy) is 1. The fourth-order valence-electron chi connectivity index (χ4n) is 2.30. The number of carbonyl (C=O) groups is 1. The zero-order valence-electron chi connectivity index (χ0n) is 11.3. The molecule has 1 aliphatic heterocycles. The minimum absolute atomic E-state index is 0.00449. The van der Waals surface area contributed by atoms with Crippen molar-refractivity contribution in [2.45, 2.75) is 57.6 Å². The number of aromatic amines is 1. The van der Waals surface area contributed by atoms with Crippen molar-refractivity contribution in [3.63, 3.8) is 0 Å². The van der Waals surface area contributed by atoms with E-state index in [0.717, 1.165) is 38.7 Å². The van der Waals surface area contributed by atoms with E-state index in [0.29, 0.717) is 12.2 Å². The predicted octanol–water partition coefficient (Wildman–Crippen LogP) is 1.12. The van der Waals surface area contributed by atoms with Gasteiger partial charge in [-0.25, -0.2) is 0 Å². The van der Waals surface area contributed by atoms with Gasteiger partial charge >= 0.3 is 0 Å². The Labute approximate surface area is 112 Å². The average molecular weight is 267 g/mol. The first-order valence-corrected chi connectivity index (χ1v) is 6.94. The molecule has 0 bridgehead atoms. The lowest BCUT2D eigenvalue weighted by Gasteiger charge is -2.23. The van der Waals surface area contributed by atoms with Crippen molar-refractivity contribution in [3.8, 4) is 0 Å². The summed E-state index contributed by atoms with van der Waals surface area (Å²) in [5.74, 6) is 0.537. The van der Waals surface area contributed by atoms with Crippen LogP contribution >= 0.6 is 0 Å². The minimum Gasteiger partial charge on any atom is -0.378 e. The van der Waals surface area contributed by atoms with Crippen molar-refractivity contribution in [1.82, 2.24) is 25.9 Å². The molecule has 0 spiro atoms. The highest BCUT2D eigenvalue weighted by atomic mass is 16.5. The van der Waals surface area contributed by atoms with E-state index in [1.165, 1.54) is 0 Å². The van der Waals surface area contributed by atoms with Crippen LogP contribution in [-0.2, 0) is 9.53 Å². The monoisotopic (exact) mass is 267 g/mol. The van der Waals surface area contributed by atoms with E-state index in [-0.39, 0.29) is 18.1 Å². The second kappa shape index (κ2) is 7.18. The lowest BCUT2D eigenvalue weighted by molar-refractivity contribution is -0.125. The van der Waals surface area contributed by atoms with Crippen LogP contribution < -0.4 is 5.32 Å². The molecule has 1 aromatic heterocycles. The van der Waals surface area contributed by atoms with Gasteiger partial charge < -0.3 is 10.1 Å². The van der Waals surface area contributed by atoms with Crippen LogP contribution in [0.5, 0.6) is 0 Å². The number of hydrogen-bond donors (Lipinski definition) is 2. The summed E-state index contributed by atoms with van der Waals surface area (Å²) in [5.41, 5.74) is 0. The zero-order chi connectivity index (χ0) is 13.5. The van der Waals surface area contributed by atoms with Crippen molar-refractivity contribution in [2.75, 3.05) is 6.61 Å². The molecule has 0 aromatic carbocycles. The first-order valence-electron chi connectivity index (χ1n) is 6.94. The largest absolute Gasteiger partial charge is 0.378 e. The fraction of sp³-hybridized carbons (Fsp3) is 0.833. The topological polar surface area (TPSA) is 92.8 Å². The number of hydrogen-bond acceptors (Lipinski definition) is 5. The van der Waals surface area contributed by atoms with E-state index >= 15 is 0 Å². The summed E-state index contributed by atoms with van der Waals surface area (Å²) in [6.07, 6.45) is 5.42. The highest BCUT2D eigenvalue weighted by Gasteiger charge is 2.22. The molecule has 2 rings (SSSR count). The number of aromatic nitrogens is 4. The highest BCUT2D eigenvalue weighted by molar-refractivity contribution is 5.76. The van der Waals surface area contributed by atoms with Gasteiger partial charge in [0.05, 0.1) is 18.6 Å². The maximum Gasteiger partial charge on any atom is 0.223 e. The molecule has 2 atom stereocenters. The van der Waals surface area contributed by atoms with Crippen LogP contribution in [0.3, 0.4) is 0 Å². The quantitative estimate of drug-likeness (QED) is 0.805. The van der Waals surface area contributed by atoms with Gasteiger partial charge in [0.25, 0.3) is 0 Å². The molecule has 2 unspecified atom stereocenters. The maximum absolute atomic E-state index is 12.0. The third-order valence-corrected chi connectivity index (χ3v) is 3.27. The lowest BCUT2D eigenvalue weighted by Crippen LogP contribution is -2.33. The van der Waals surface area contributed by atoms with Crippen LogP contribution in [0.1, 0.15) is 57.3 Å². The molecular formula is C12H21N5O2. The Kier molecular flexibility index (Phi) is 5.26. The minimum atomic E-state index is -0.167. The summed E-state index contributed by atoms with van der Waals surface area (Å²) in [6.45, 7) is 2.82. The molecule has 1 amide bonds. The molecule has 0 radical (unpaired) electrons. The Balaban J connectivity index is 1.84. The first-order chi connectivity index (χ1) is 9.29. The van der Waals surface area contributed by atoms with Gasteiger partial charge in [-0.3, -0.25) is 4.79 Å². The van der Waals surface area contributed by atoms with Gasteiger partial charge in [-0.1, -0.05) is 18.6 Å². The van der Waals surface area contributed by atoms with Gasteiger partial charge in [-0.05, 0) is 25.7 Å². The van der Waals surface area contributed by atoms with E-state index in [9.17, 15) is 4.79 Å². The summed E-state index contributed by atoms with van der Waals surface area (Å²) >= 11 is 0. The summed E-state index contributed by atoms with van der Waals surface area (Å²) in [4.78, 5) is 12.0. The van der Waals surface area contributed by atoms with Gasteiger partial charge in [0.15, 0.2) is 5.82 Å².